The predicted octanol–water partition coefficient (Wildman–Crippen LogP) is 3.10. The lowest BCUT2D eigenvalue weighted by atomic mass is 10.0. The van der Waals surface area contributed by atoms with Gasteiger partial charge in [-0.05, 0) is 56.2 Å². The molecule has 2 rings (SSSR count). The SMILES string of the molecule is Cc1cc(C(=O)NCC(C)Oc2cccc(F)c2)cc(C)c1OCC(=O)O. The lowest BCUT2D eigenvalue weighted by molar-refractivity contribution is -0.139. The molecule has 27 heavy (non-hydrogen) atoms. The zero-order valence-electron chi connectivity index (χ0n) is 15.4. The molecule has 1 atom stereocenters. The fourth-order valence-electron chi connectivity index (χ4n) is 2.60. The Morgan fingerprint density at radius 1 is 1.19 bits per heavy atom. The van der Waals surface area contributed by atoms with Crippen molar-refractivity contribution in [3.8, 4) is 11.5 Å². The largest absolute Gasteiger partial charge is 0.489 e. The fourth-order valence-corrected chi connectivity index (χ4v) is 2.60. The summed E-state index contributed by atoms with van der Waals surface area (Å²) >= 11 is 0. The van der Waals surface area contributed by atoms with E-state index >= 15 is 0 Å². The predicted molar refractivity (Wildman–Crippen MR) is 97.9 cm³/mol. The summed E-state index contributed by atoms with van der Waals surface area (Å²) in [4.78, 5) is 23.0. The number of aliphatic carboxylic acids is 1. The number of hydrogen-bond donors (Lipinski definition) is 2. The number of amides is 1. The minimum atomic E-state index is -1.07. The standard InChI is InChI=1S/C20H22FNO5/c1-12-7-15(8-13(2)19(12)26-11-18(23)24)20(25)22-10-14(3)27-17-6-4-5-16(21)9-17/h4-9,14H,10-11H2,1-3H3,(H,22,25)(H,23,24). The molecule has 0 saturated heterocycles. The number of halogens is 1. The highest BCUT2D eigenvalue weighted by atomic mass is 19.1. The fraction of sp³-hybridized carbons (Fsp3) is 0.300. The van der Waals surface area contributed by atoms with Gasteiger partial charge in [0.25, 0.3) is 5.91 Å². The van der Waals surface area contributed by atoms with Crippen molar-refractivity contribution in [2.75, 3.05) is 13.2 Å². The first kappa shape index (κ1) is 20.2. The summed E-state index contributed by atoms with van der Waals surface area (Å²) < 4.78 is 24.0. The Bertz CT molecular complexity index is 814. The van der Waals surface area contributed by atoms with E-state index in [0.29, 0.717) is 28.2 Å². The van der Waals surface area contributed by atoms with Gasteiger partial charge in [-0.1, -0.05) is 6.07 Å². The second-order valence-electron chi connectivity index (χ2n) is 6.22. The first-order valence-electron chi connectivity index (χ1n) is 8.42. The van der Waals surface area contributed by atoms with Crippen LogP contribution in [0.3, 0.4) is 0 Å². The molecule has 6 nitrogen and oxygen atoms in total. The van der Waals surface area contributed by atoms with E-state index in [1.807, 2.05) is 0 Å². The van der Waals surface area contributed by atoms with Crippen LogP contribution >= 0.6 is 0 Å². The van der Waals surface area contributed by atoms with Crippen LogP contribution in [0.5, 0.6) is 11.5 Å². The average molecular weight is 375 g/mol. The van der Waals surface area contributed by atoms with E-state index in [0.717, 1.165) is 0 Å². The van der Waals surface area contributed by atoms with Gasteiger partial charge in [-0.15, -0.1) is 0 Å². The van der Waals surface area contributed by atoms with E-state index in [9.17, 15) is 14.0 Å². The van der Waals surface area contributed by atoms with Crippen molar-refractivity contribution in [2.45, 2.75) is 26.9 Å². The maximum absolute atomic E-state index is 13.2. The van der Waals surface area contributed by atoms with E-state index < -0.39 is 12.6 Å². The normalized spacial score (nSPS) is 11.6. The van der Waals surface area contributed by atoms with Crippen LogP contribution in [-0.2, 0) is 4.79 Å². The van der Waals surface area contributed by atoms with Crippen LogP contribution in [0.15, 0.2) is 36.4 Å². The molecule has 1 unspecified atom stereocenters. The molecule has 1 amide bonds. The third kappa shape index (κ3) is 5.99. The van der Waals surface area contributed by atoms with Crippen molar-refractivity contribution in [2.24, 2.45) is 0 Å². The molecule has 0 radical (unpaired) electrons. The topological polar surface area (TPSA) is 84.9 Å². The monoisotopic (exact) mass is 375 g/mol. The summed E-state index contributed by atoms with van der Waals surface area (Å²) in [5, 5.41) is 11.5. The van der Waals surface area contributed by atoms with Gasteiger partial charge in [0.1, 0.15) is 23.4 Å². The van der Waals surface area contributed by atoms with Crippen LogP contribution in [0.25, 0.3) is 0 Å². The Hall–Kier alpha value is -3.09. The van der Waals surface area contributed by atoms with Crippen LogP contribution in [0.1, 0.15) is 28.4 Å². The van der Waals surface area contributed by atoms with Gasteiger partial charge in [0, 0.05) is 11.6 Å². The van der Waals surface area contributed by atoms with E-state index in [-0.39, 0.29) is 24.4 Å². The summed E-state index contributed by atoms with van der Waals surface area (Å²) in [5.74, 6) is -0.899. The van der Waals surface area contributed by atoms with Crippen molar-refractivity contribution in [1.82, 2.24) is 5.32 Å². The molecule has 2 aromatic rings. The molecule has 0 saturated carbocycles. The number of hydrogen-bond acceptors (Lipinski definition) is 4. The molecule has 0 bridgehead atoms. The van der Waals surface area contributed by atoms with Crippen molar-refractivity contribution in [1.29, 1.82) is 0 Å². The number of ether oxygens (including phenoxy) is 2. The molecule has 0 heterocycles. The Kier molecular flexibility index (Phi) is 6.76. The highest BCUT2D eigenvalue weighted by molar-refractivity contribution is 5.95. The number of carbonyl (C=O) groups excluding carboxylic acids is 1. The van der Waals surface area contributed by atoms with E-state index in [2.05, 4.69) is 5.32 Å². The summed E-state index contributed by atoms with van der Waals surface area (Å²) in [7, 11) is 0. The number of aryl methyl sites for hydroxylation is 2. The lowest BCUT2D eigenvalue weighted by Gasteiger charge is -2.16. The van der Waals surface area contributed by atoms with E-state index in [4.69, 9.17) is 14.6 Å². The van der Waals surface area contributed by atoms with Gasteiger partial charge in [-0.3, -0.25) is 4.79 Å². The lowest BCUT2D eigenvalue weighted by Crippen LogP contribution is -2.33. The quantitative estimate of drug-likeness (QED) is 0.741. The number of carboxylic acid groups (broad SMARTS) is 1. The minimum absolute atomic E-state index is 0.241. The number of nitrogens with one attached hydrogen (secondary N) is 1. The molecule has 0 aromatic heterocycles. The molecular formula is C20H22FNO5. The molecule has 7 heteroatoms. The van der Waals surface area contributed by atoms with Gasteiger partial charge in [0.05, 0.1) is 6.54 Å². The number of rotatable bonds is 8. The van der Waals surface area contributed by atoms with Gasteiger partial charge < -0.3 is 19.9 Å². The zero-order chi connectivity index (χ0) is 20.0. The Labute approximate surface area is 156 Å². The van der Waals surface area contributed by atoms with E-state index in [1.165, 1.54) is 12.1 Å². The van der Waals surface area contributed by atoms with Gasteiger partial charge in [-0.2, -0.15) is 0 Å². The third-order valence-corrected chi connectivity index (χ3v) is 3.75. The number of carboxylic acids is 1. The van der Waals surface area contributed by atoms with E-state index in [1.54, 1.807) is 45.0 Å². The Balaban J connectivity index is 1.96. The second kappa shape index (κ2) is 9.02. The van der Waals surface area contributed by atoms with Crippen LogP contribution in [-0.4, -0.2) is 36.2 Å². The van der Waals surface area contributed by atoms with Gasteiger partial charge >= 0.3 is 5.97 Å². The summed E-state index contributed by atoms with van der Waals surface area (Å²) in [6.07, 6.45) is -0.351. The van der Waals surface area contributed by atoms with Crippen molar-refractivity contribution in [3.63, 3.8) is 0 Å². The molecule has 0 aliphatic heterocycles. The highest BCUT2D eigenvalue weighted by Gasteiger charge is 2.14. The summed E-state index contributed by atoms with van der Waals surface area (Å²) in [5.41, 5.74) is 1.78. The Morgan fingerprint density at radius 3 is 2.44 bits per heavy atom. The number of carbonyl (C=O) groups is 2. The first-order valence-corrected chi connectivity index (χ1v) is 8.42. The molecule has 0 aliphatic rings. The molecule has 0 aliphatic carbocycles. The molecular weight excluding hydrogens is 353 g/mol. The van der Waals surface area contributed by atoms with Gasteiger partial charge in [0.2, 0.25) is 0 Å². The smallest absolute Gasteiger partial charge is 0.341 e. The third-order valence-electron chi connectivity index (χ3n) is 3.75. The molecule has 0 fully saturated rings. The molecule has 2 aromatic carbocycles. The molecule has 2 N–H and O–H groups in total. The average Bonchev–Trinajstić information content (AvgIpc) is 2.58. The zero-order valence-corrected chi connectivity index (χ0v) is 15.4. The van der Waals surface area contributed by atoms with Crippen LogP contribution < -0.4 is 14.8 Å². The van der Waals surface area contributed by atoms with Crippen molar-refractivity contribution in [3.05, 3.63) is 58.9 Å². The number of benzene rings is 2. The van der Waals surface area contributed by atoms with Crippen LogP contribution in [0.4, 0.5) is 4.39 Å². The molecule has 0 spiro atoms. The van der Waals surface area contributed by atoms with Crippen LogP contribution in [0.2, 0.25) is 0 Å². The van der Waals surface area contributed by atoms with Crippen molar-refractivity contribution < 1.29 is 28.6 Å². The first-order chi connectivity index (χ1) is 12.8. The van der Waals surface area contributed by atoms with Gasteiger partial charge in [-0.25, -0.2) is 9.18 Å². The van der Waals surface area contributed by atoms with Gasteiger partial charge in [0.15, 0.2) is 6.61 Å². The van der Waals surface area contributed by atoms with Crippen LogP contribution in [0, 0.1) is 19.7 Å². The Morgan fingerprint density at radius 2 is 1.85 bits per heavy atom. The summed E-state index contributed by atoms with van der Waals surface area (Å²) in [6, 6.07) is 9.07. The molecule has 144 valence electrons. The van der Waals surface area contributed by atoms with Crippen molar-refractivity contribution >= 4 is 11.9 Å². The highest BCUT2D eigenvalue weighted by Crippen LogP contribution is 2.25. The minimum Gasteiger partial charge on any atom is -0.489 e. The second-order valence-corrected chi connectivity index (χ2v) is 6.22. The summed E-state index contributed by atoms with van der Waals surface area (Å²) in [6.45, 7) is 5.06. The maximum atomic E-state index is 13.2. The maximum Gasteiger partial charge on any atom is 0.341 e.